The number of rotatable bonds is 9. The molecule has 0 fully saturated rings. The van der Waals surface area contributed by atoms with Gasteiger partial charge < -0.3 is 25.2 Å². The van der Waals surface area contributed by atoms with Crippen LogP contribution in [0.15, 0.2) is 12.1 Å². The molecule has 0 unspecified atom stereocenters. The maximum absolute atomic E-state index is 12.5. The fourth-order valence-corrected chi connectivity index (χ4v) is 2.26. The number of nitrogens with two attached hydrogens (primary N) is 1. The predicted octanol–water partition coefficient (Wildman–Crippen LogP) is 1.15. The lowest BCUT2D eigenvalue weighted by atomic mass is 10.1. The van der Waals surface area contributed by atoms with E-state index in [-0.39, 0.29) is 28.6 Å². The number of carboxylic acid groups (broad SMARTS) is 1. The summed E-state index contributed by atoms with van der Waals surface area (Å²) in [6, 6.07) is 2.70. The molecule has 1 aromatic carbocycles. The topological polar surface area (TPSA) is 119 Å². The van der Waals surface area contributed by atoms with E-state index in [1.54, 1.807) is 0 Å². The van der Waals surface area contributed by atoms with Crippen LogP contribution in [0, 0.1) is 0 Å². The summed E-state index contributed by atoms with van der Waals surface area (Å²) in [6.45, 7) is 1.29. The van der Waals surface area contributed by atoms with Gasteiger partial charge in [-0.25, -0.2) is 0 Å². The fraction of sp³-hybridized carbons (Fsp3) is 0.400. The molecule has 0 heterocycles. The van der Waals surface area contributed by atoms with E-state index in [4.69, 9.17) is 31.9 Å². The monoisotopic (exact) mass is 358 g/mol. The van der Waals surface area contributed by atoms with Gasteiger partial charge >= 0.3 is 5.97 Å². The molecule has 24 heavy (non-hydrogen) atoms. The highest BCUT2D eigenvalue weighted by Crippen LogP contribution is 2.36. The Labute approximate surface area is 144 Å². The minimum Gasteiger partial charge on any atom is -0.493 e. The Kier molecular flexibility index (Phi) is 7.31. The number of aliphatic carboxylic acids is 1. The molecule has 0 radical (unpaired) electrons. The molecule has 2 amide bonds. The van der Waals surface area contributed by atoms with Crippen molar-refractivity contribution < 1.29 is 29.0 Å². The Hall–Kier alpha value is -2.48. The van der Waals surface area contributed by atoms with Crippen molar-refractivity contribution >= 4 is 29.4 Å². The number of primary amides is 1. The predicted molar refractivity (Wildman–Crippen MR) is 86.5 cm³/mol. The first-order chi connectivity index (χ1) is 11.3. The quantitative estimate of drug-likeness (QED) is 0.683. The normalized spacial score (nSPS) is 10.1. The molecule has 0 aliphatic carbocycles. The average Bonchev–Trinajstić information content (AvgIpc) is 2.51. The number of hydrogen-bond donors (Lipinski definition) is 2. The zero-order valence-electron chi connectivity index (χ0n) is 13.4. The Morgan fingerprint density at radius 2 is 2.00 bits per heavy atom. The van der Waals surface area contributed by atoms with E-state index in [0.717, 1.165) is 0 Å². The van der Waals surface area contributed by atoms with Gasteiger partial charge in [0.15, 0.2) is 18.1 Å². The lowest BCUT2D eigenvalue weighted by Gasteiger charge is -2.21. The lowest BCUT2D eigenvalue weighted by Crippen LogP contribution is -2.36. The molecule has 0 saturated heterocycles. The van der Waals surface area contributed by atoms with Crippen LogP contribution in [0.2, 0.25) is 5.02 Å². The van der Waals surface area contributed by atoms with Gasteiger partial charge in [-0.1, -0.05) is 18.5 Å². The largest absolute Gasteiger partial charge is 0.493 e. The van der Waals surface area contributed by atoms with Crippen molar-refractivity contribution in [2.24, 2.45) is 5.73 Å². The van der Waals surface area contributed by atoms with Crippen LogP contribution in [0.1, 0.15) is 23.7 Å². The number of carbonyl (C=O) groups excluding carboxylic acids is 2. The molecule has 8 nitrogen and oxygen atoms in total. The van der Waals surface area contributed by atoms with Crippen LogP contribution in [0.4, 0.5) is 0 Å². The summed E-state index contributed by atoms with van der Waals surface area (Å²) in [4.78, 5) is 35.4. The molecule has 0 aromatic heterocycles. The van der Waals surface area contributed by atoms with Crippen LogP contribution in [0.5, 0.6) is 11.5 Å². The maximum atomic E-state index is 12.5. The first-order valence-electron chi connectivity index (χ1n) is 7.09. The molecule has 1 rings (SSSR count). The first-order valence-corrected chi connectivity index (χ1v) is 7.47. The van der Waals surface area contributed by atoms with E-state index in [1.807, 2.05) is 6.92 Å². The van der Waals surface area contributed by atoms with Crippen molar-refractivity contribution in [3.63, 3.8) is 0 Å². The summed E-state index contributed by atoms with van der Waals surface area (Å²) in [5.74, 6) is -2.09. The van der Waals surface area contributed by atoms with E-state index in [0.29, 0.717) is 6.42 Å². The van der Waals surface area contributed by atoms with Gasteiger partial charge in [-0.15, -0.1) is 0 Å². The number of halogens is 1. The maximum Gasteiger partial charge on any atom is 0.323 e. The summed E-state index contributed by atoms with van der Waals surface area (Å²) in [6.07, 6.45) is 0.601. The van der Waals surface area contributed by atoms with Gasteiger partial charge in [0, 0.05) is 12.1 Å². The number of methoxy groups -OCH3 is 1. The standard InChI is InChI=1S/C15H19ClN2O6/c1-3-4-18(7-13(20)21)15(22)9-5-10(16)14(11(6-9)23-2)24-8-12(17)19/h5-6H,3-4,7-8H2,1-2H3,(H2,17,19)(H,20,21). The van der Waals surface area contributed by atoms with Crippen LogP contribution < -0.4 is 15.2 Å². The molecule has 1 aromatic rings. The molecule has 9 heteroatoms. The highest BCUT2D eigenvalue weighted by atomic mass is 35.5. The molecule has 0 atom stereocenters. The Morgan fingerprint density at radius 3 is 2.50 bits per heavy atom. The van der Waals surface area contributed by atoms with E-state index < -0.39 is 30.9 Å². The molecule has 3 N–H and O–H groups in total. The smallest absolute Gasteiger partial charge is 0.323 e. The average molecular weight is 359 g/mol. The second-order valence-corrected chi connectivity index (χ2v) is 5.27. The van der Waals surface area contributed by atoms with Crippen molar-refractivity contribution in [2.45, 2.75) is 13.3 Å². The number of amides is 2. The molecular formula is C15H19ClN2O6. The number of carboxylic acids is 1. The summed E-state index contributed by atoms with van der Waals surface area (Å²) >= 11 is 6.08. The summed E-state index contributed by atoms with van der Waals surface area (Å²) in [7, 11) is 1.35. The molecule has 0 spiro atoms. The second kappa shape index (κ2) is 8.97. The number of hydrogen-bond acceptors (Lipinski definition) is 5. The minimum atomic E-state index is -1.11. The van der Waals surface area contributed by atoms with E-state index in [1.165, 1.54) is 24.1 Å². The van der Waals surface area contributed by atoms with Crippen molar-refractivity contribution in [1.82, 2.24) is 4.90 Å². The lowest BCUT2D eigenvalue weighted by molar-refractivity contribution is -0.137. The summed E-state index contributed by atoms with van der Waals surface area (Å²) in [5.41, 5.74) is 5.17. The fourth-order valence-electron chi connectivity index (χ4n) is 1.99. The van der Waals surface area contributed by atoms with E-state index >= 15 is 0 Å². The summed E-state index contributed by atoms with van der Waals surface area (Å²) in [5, 5.41) is 8.97. The van der Waals surface area contributed by atoms with Crippen molar-refractivity contribution in [3.8, 4) is 11.5 Å². The third kappa shape index (κ3) is 5.31. The van der Waals surface area contributed by atoms with Gasteiger partial charge in [0.25, 0.3) is 11.8 Å². The SMILES string of the molecule is CCCN(CC(=O)O)C(=O)c1cc(Cl)c(OCC(N)=O)c(OC)c1. The number of carbonyl (C=O) groups is 3. The van der Waals surface area contributed by atoms with Crippen LogP contribution in [0.3, 0.4) is 0 Å². The zero-order chi connectivity index (χ0) is 18.3. The molecule has 0 bridgehead atoms. The van der Waals surface area contributed by atoms with Gasteiger partial charge in [0.05, 0.1) is 12.1 Å². The molecular weight excluding hydrogens is 340 g/mol. The first kappa shape index (κ1) is 19.6. The highest BCUT2D eigenvalue weighted by Gasteiger charge is 2.21. The number of benzene rings is 1. The third-order valence-electron chi connectivity index (χ3n) is 2.94. The van der Waals surface area contributed by atoms with Gasteiger partial charge in [0.1, 0.15) is 6.54 Å². The Morgan fingerprint density at radius 1 is 1.33 bits per heavy atom. The van der Waals surface area contributed by atoms with Crippen LogP contribution >= 0.6 is 11.6 Å². The number of nitrogens with zero attached hydrogens (tertiary/aromatic N) is 1. The van der Waals surface area contributed by atoms with Gasteiger partial charge in [-0.2, -0.15) is 0 Å². The van der Waals surface area contributed by atoms with Gasteiger partial charge in [-0.3, -0.25) is 14.4 Å². The number of ether oxygens (including phenoxy) is 2. The zero-order valence-corrected chi connectivity index (χ0v) is 14.1. The van der Waals surface area contributed by atoms with Gasteiger partial charge in [0.2, 0.25) is 0 Å². The molecule has 0 saturated carbocycles. The van der Waals surface area contributed by atoms with Crippen LogP contribution in [-0.4, -0.2) is 54.6 Å². The minimum absolute atomic E-state index is 0.0470. The Balaban J connectivity index is 3.15. The van der Waals surface area contributed by atoms with Crippen molar-refractivity contribution in [2.75, 3.05) is 26.8 Å². The van der Waals surface area contributed by atoms with E-state index in [9.17, 15) is 14.4 Å². The van der Waals surface area contributed by atoms with Crippen molar-refractivity contribution in [3.05, 3.63) is 22.7 Å². The molecule has 0 aliphatic rings. The second-order valence-electron chi connectivity index (χ2n) is 4.86. The van der Waals surface area contributed by atoms with Crippen LogP contribution in [0.25, 0.3) is 0 Å². The third-order valence-corrected chi connectivity index (χ3v) is 3.22. The Bertz CT molecular complexity index is 635. The molecule has 132 valence electrons. The van der Waals surface area contributed by atoms with Crippen LogP contribution in [-0.2, 0) is 9.59 Å². The summed E-state index contributed by atoms with van der Waals surface area (Å²) < 4.78 is 10.3. The van der Waals surface area contributed by atoms with E-state index in [2.05, 4.69) is 0 Å². The van der Waals surface area contributed by atoms with Crippen molar-refractivity contribution in [1.29, 1.82) is 0 Å². The highest BCUT2D eigenvalue weighted by molar-refractivity contribution is 6.32. The van der Waals surface area contributed by atoms with Gasteiger partial charge in [-0.05, 0) is 18.6 Å². The molecule has 0 aliphatic heterocycles.